The van der Waals surface area contributed by atoms with Gasteiger partial charge in [0.2, 0.25) is 11.6 Å². The van der Waals surface area contributed by atoms with E-state index in [0.29, 0.717) is 19.5 Å². The number of nitrogens with two attached hydrogens (primary N) is 1. The summed E-state index contributed by atoms with van der Waals surface area (Å²) in [5.41, 5.74) is 16.0. The van der Waals surface area contributed by atoms with Crippen LogP contribution < -0.4 is 24.9 Å². The van der Waals surface area contributed by atoms with Crippen molar-refractivity contribution < 1.29 is 22.8 Å². The number of carbonyl (C=O) groups excluding carboxylic acids is 1. The summed E-state index contributed by atoms with van der Waals surface area (Å²) in [4.78, 5) is 15.9. The van der Waals surface area contributed by atoms with Crippen LogP contribution in [0.3, 0.4) is 0 Å². The molecule has 3 N–H and O–H groups in total. The van der Waals surface area contributed by atoms with E-state index < -0.39 is 0 Å². The Hall–Kier alpha value is -4.16. The summed E-state index contributed by atoms with van der Waals surface area (Å²) in [7, 11) is 18.7. The Morgan fingerprint density at radius 1 is 0.595 bits per heavy atom. The van der Waals surface area contributed by atoms with E-state index in [9.17, 15) is 4.79 Å². The number of carbonyl (C=O) groups is 1. The second-order valence-corrected chi connectivity index (χ2v) is 27.5. The normalized spacial score (nSPS) is 17.4. The molecular weight excluding hydrogens is 971 g/mol. The number of allylic oxidation sites excluding steroid dienone is 4. The van der Waals surface area contributed by atoms with Gasteiger partial charge in [-0.25, -0.2) is 0 Å². The smallest absolute Gasteiger partial charge is 0.221 e. The van der Waals surface area contributed by atoms with Crippen LogP contribution in [0.25, 0.3) is 0 Å². The lowest BCUT2D eigenvalue weighted by atomic mass is 9.81. The Morgan fingerprint density at radius 2 is 1.08 bits per heavy atom. The van der Waals surface area contributed by atoms with E-state index in [1.54, 1.807) is 0 Å². The zero-order valence-corrected chi connectivity index (χ0v) is 53.6. The van der Waals surface area contributed by atoms with E-state index >= 15 is 0 Å². The van der Waals surface area contributed by atoms with Crippen LogP contribution in [0.4, 0.5) is 22.7 Å². The van der Waals surface area contributed by atoms with Crippen LogP contribution in [0.2, 0.25) is 0 Å². The van der Waals surface area contributed by atoms with Crippen molar-refractivity contribution >= 4 is 34.4 Å². The molecule has 10 heteroatoms. The largest absolute Gasteiger partial charge is 0.356 e. The highest BCUT2D eigenvalue weighted by atomic mass is 16.1. The summed E-state index contributed by atoms with van der Waals surface area (Å²) in [6.07, 6.45) is 24.9. The fraction of sp³-hybridized carbons (Fsp3) is 0.652. The summed E-state index contributed by atoms with van der Waals surface area (Å²) in [5, 5.41) is 3.29. The van der Waals surface area contributed by atoms with Crippen LogP contribution in [0.1, 0.15) is 149 Å². The molecule has 0 unspecified atom stereocenters. The number of benzene rings is 3. The van der Waals surface area contributed by atoms with Gasteiger partial charge in [0.05, 0.1) is 134 Å². The maximum absolute atomic E-state index is 13.5. The van der Waals surface area contributed by atoms with Gasteiger partial charge in [-0.3, -0.25) is 13.8 Å². The van der Waals surface area contributed by atoms with Crippen molar-refractivity contribution in [1.29, 1.82) is 0 Å². The Labute approximate surface area is 485 Å². The third-order valence-corrected chi connectivity index (χ3v) is 19.1. The molecule has 2 heterocycles. The topological polar surface area (TPSA) is 61.4 Å². The predicted octanol–water partition coefficient (Wildman–Crippen LogP) is 12.7. The van der Waals surface area contributed by atoms with Crippen molar-refractivity contribution in [2.45, 2.75) is 149 Å². The summed E-state index contributed by atoms with van der Waals surface area (Å²) in [6.45, 7) is 30.9. The number of rotatable bonds is 29. The van der Waals surface area contributed by atoms with Gasteiger partial charge < -0.3 is 29.4 Å². The molecule has 2 saturated carbocycles. The molecule has 0 atom stereocenters. The van der Waals surface area contributed by atoms with E-state index in [0.717, 1.165) is 89.4 Å². The third kappa shape index (κ3) is 18.4. The fourth-order valence-corrected chi connectivity index (χ4v) is 12.3. The predicted molar refractivity (Wildman–Crippen MR) is 344 cm³/mol. The molecule has 1 amide bonds. The fourth-order valence-electron chi connectivity index (χ4n) is 12.3. The SMILES string of the molecule is C1CCC1.C1CCC1.CC[N+](CC)(CC)CCC[N+]1=C(/C=C/C=C2/N(CCC(=O)NCCC[N+](C)(C)CCC[N+](C)(C)c3ccc([N+](C)(C)CCC[N+](C)(C)CCCN)cc3)c3ccccc3C2(C)C)C(C)(C)c2ccccc21. The number of fused-ring (bicyclic) bond motifs is 2. The van der Waals surface area contributed by atoms with Crippen molar-refractivity contribution in [1.82, 2.24) is 14.3 Å². The zero-order chi connectivity index (χ0) is 58.0. The van der Waals surface area contributed by atoms with Crippen molar-refractivity contribution in [2.75, 3.05) is 153 Å². The quantitative estimate of drug-likeness (QED) is 0.0414. The number of nitrogens with one attached hydrogen (secondary N) is 1. The monoisotopic (exact) mass is 1090 g/mol. The molecule has 7 rings (SSSR count). The van der Waals surface area contributed by atoms with Crippen LogP contribution in [-0.2, 0) is 15.6 Å². The molecule has 0 spiro atoms. The second kappa shape index (κ2) is 29.7. The number of quaternary nitrogens is 5. The van der Waals surface area contributed by atoms with Crippen molar-refractivity contribution in [3.63, 3.8) is 0 Å². The van der Waals surface area contributed by atoms with Crippen molar-refractivity contribution in [2.24, 2.45) is 5.73 Å². The van der Waals surface area contributed by atoms with E-state index in [1.807, 2.05) is 0 Å². The van der Waals surface area contributed by atoms with Gasteiger partial charge in [0.25, 0.3) is 0 Å². The molecule has 0 saturated heterocycles. The highest BCUT2D eigenvalue weighted by Crippen LogP contribution is 2.48. The van der Waals surface area contributed by atoms with Gasteiger partial charge >= 0.3 is 0 Å². The molecule has 2 fully saturated rings. The number of amides is 1. The molecule has 2 aliphatic carbocycles. The van der Waals surface area contributed by atoms with Gasteiger partial charge in [0.15, 0.2) is 12.3 Å². The van der Waals surface area contributed by atoms with Gasteiger partial charge in [-0.2, -0.15) is 4.58 Å². The molecule has 4 aliphatic rings. The second-order valence-electron chi connectivity index (χ2n) is 27.5. The molecule has 79 heavy (non-hydrogen) atoms. The number of para-hydroxylation sites is 2. The average Bonchev–Trinajstić information content (AvgIpc) is 3.93. The van der Waals surface area contributed by atoms with Crippen LogP contribution >= 0.6 is 0 Å². The minimum atomic E-state index is -0.196. The number of nitrogens with zero attached hydrogens (tertiary/aromatic N) is 7. The first-order valence-corrected chi connectivity index (χ1v) is 31.6. The average molecular weight is 1090 g/mol. The van der Waals surface area contributed by atoms with E-state index in [1.165, 1.54) is 140 Å². The van der Waals surface area contributed by atoms with E-state index in [4.69, 9.17) is 5.73 Å². The molecule has 3 aromatic rings. The van der Waals surface area contributed by atoms with E-state index in [-0.39, 0.29) is 16.7 Å². The van der Waals surface area contributed by atoms with Gasteiger partial charge in [-0.15, -0.1) is 0 Å². The summed E-state index contributed by atoms with van der Waals surface area (Å²) in [6, 6.07) is 27.1. The first-order chi connectivity index (χ1) is 37.4. The van der Waals surface area contributed by atoms with Gasteiger partial charge in [0.1, 0.15) is 11.4 Å². The maximum Gasteiger partial charge on any atom is 0.221 e. The van der Waals surface area contributed by atoms with Crippen LogP contribution in [0.15, 0.2) is 96.7 Å². The van der Waals surface area contributed by atoms with Gasteiger partial charge in [0, 0.05) is 104 Å². The standard InChI is InChI=1S/C61H102N9O.2C4H8/c1-16-70(17-2,18-3)50-26-42-64-55-31-21-19-29-53(55)60(4,5)57(64)33-23-34-58-61(6,7)54-30-20-22-32-56(54)65(58)43-39-59(71)63-41-25-45-67(10,11)47-28-49-69(14,15)52-37-35-51(36-38-52)68(12,13)48-27-46-66(8,9)44-24-40-62;2*1-2-4-3-1/h19-23,29-38H,16-18,24-28,39-50,62H2,1-15H3;2*1-4H2/q+5;;/p+1. The molecule has 0 radical (unpaired) electrons. The van der Waals surface area contributed by atoms with Gasteiger partial charge in [-0.1, -0.05) is 108 Å². The van der Waals surface area contributed by atoms with Crippen molar-refractivity contribution in [3.8, 4) is 0 Å². The minimum absolute atomic E-state index is 0.110. The van der Waals surface area contributed by atoms with Crippen molar-refractivity contribution in [3.05, 3.63) is 108 Å². The highest BCUT2D eigenvalue weighted by molar-refractivity contribution is 6.03. The molecule has 0 aromatic heterocycles. The molecule has 3 aromatic carbocycles. The maximum atomic E-state index is 13.5. The highest BCUT2D eigenvalue weighted by Gasteiger charge is 2.45. The number of hydrogen-bond donors (Lipinski definition) is 2. The zero-order valence-electron chi connectivity index (χ0n) is 53.6. The Morgan fingerprint density at radius 3 is 1.58 bits per heavy atom. The molecule has 440 valence electrons. The molecular formula is C69H119N9O+6. The van der Waals surface area contributed by atoms with Gasteiger partial charge in [-0.05, 0) is 58.9 Å². The third-order valence-electron chi connectivity index (χ3n) is 19.1. The molecule has 10 nitrogen and oxygen atoms in total. The lowest BCUT2D eigenvalue weighted by molar-refractivity contribution is -0.924. The number of hydrogen-bond acceptors (Lipinski definition) is 3. The van der Waals surface area contributed by atoms with Crippen LogP contribution in [0, 0.1) is 0 Å². The molecule has 0 bridgehead atoms. The summed E-state index contributed by atoms with van der Waals surface area (Å²) >= 11 is 0. The Kier molecular flexibility index (Phi) is 24.7. The lowest BCUT2D eigenvalue weighted by Gasteiger charge is -2.35. The molecule has 2 aliphatic heterocycles. The van der Waals surface area contributed by atoms with E-state index in [2.05, 4.69) is 211 Å². The lowest BCUT2D eigenvalue weighted by Crippen LogP contribution is -2.48. The summed E-state index contributed by atoms with van der Waals surface area (Å²) < 4.78 is 7.50. The first kappa shape index (κ1) is 65.6. The first-order valence-electron chi connectivity index (χ1n) is 31.6. The number of anilines is 1. The van der Waals surface area contributed by atoms with Crippen LogP contribution in [-0.4, -0.2) is 178 Å². The Bertz CT molecular complexity index is 2400. The minimum Gasteiger partial charge on any atom is -0.356 e. The summed E-state index contributed by atoms with van der Waals surface area (Å²) in [5.74, 6) is 0.120. The van der Waals surface area contributed by atoms with Crippen LogP contribution in [0.5, 0.6) is 0 Å². The Balaban J connectivity index is 0.00000131.